The fourth-order valence-corrected chi connectivity index (χ4v) is 7.13. The van der Waals surface area contributed by atoms with Crippen molar-refractivity contribution in [1.82, 2.24) is 24.3 Å². The number of hydrogen-bond acceptors (Lipinski definition) is 4. The number of rotatable bonds is 9. The molecule has 0 unspecified atom stereocenters. The smallest absolute Gasteiger partial charge is 0.350 e. The van der Waals surface area contributed by atoms with E-state index in [4.69, 9.17) is 17.3 Å². The van der Waals surface area contributed by atoms with E-state index in [2.05, 4.69) is 15.1 Å². The number of benzene rings is 3. The SMILES string of the molecule is NC1CCN(Cc2ccn(-c3ccc(C(F)(F)F)cc3)c2)CC1.O=C(/C=C/c1cccc(Cl)c1)NC1CCN(Cc2ccn(-c3ccc(C(F)(F)F)cc3)c2)CC1. The summed E-state index contributed by atoms with van der Waals surface area (Å²) in [5.74, 6) is -0.118. The maximum atomic E-state index is 12.8. The van der Waals surface area contributed by atoms with Crippen molar-refractivity contribution in [1.29, 1.82) is 0 Å². The van der Waals surface area contributed by atoms with Gasteiger partial charge in [-0.05, 0) is 134 Å². The molecule has 14 heteroatoms. The molecule has 7 rings (SSSR count). The van der Waals surface area contributed by atoms with E-state index in [-0.39, 0.29) is 11.9 Å². The van der Waals surface area contributed by atoms with E-state index in [9.17, 15) is 31.1 Å². The summed E-state index contributed by atoms with van der Waals surface area (Å²) >= 11 is 5.96. The molecule has 2 aliphatic heterocycles. The molecule has 0 bridgehead atoms. The highest BCUT2D eigenvalue weighted by molar-refractivity contribution is 6.30. The Balaban J connectivity index is 0.000000208. The highest BCUT2D eigenvalue weighted by atomic mass is 35.5. The lowest BCUT2D eigenvalue weighted by molar-refractivity contribution is -0.138. The number of nitrogens with zero attached hydrogens (tertiary/aromatic N) is 4. The second-order valence-electron chi connectivity index (χ2n) is 14.5. The number of nitrogens with two attached hydrogens (primary N) is 1. The fraction of sp³-hybridized carbons (Fsp3) is 0.326. The van der Waals surface area contributed by atoms with Gasteiger partial charge in [-0.25, -0.2) is 0 Å². The minimum atomic E-state index is -4.33. The maximum Gasteiger partial charge on any atom is 0.416 e. The van der Waals surface area contributed by atoms with Gasteiger partial charge in [0.2, 0.25) is 5.91 Å². The summed E-state index contributed by atoms with van der Waals surface area (Å²) in [4.78, 5) is 16.9. The van der Waals surface area contributed by atoms with Gasteiger partial charge in [-0.2, -0.15) is 26.3 Å². The fourth-order valence-electron chi connectivity index (χ4n) is 6.93. The monoisotopic (exact) mass is 810 g/mol. The van der Waals surface area contributed by atoms with Crippen LogP contribution in [0.5, 0.6) is 0 Å². The van der Waals surface area contributed by atoms with Crippen molar-refractivity contribution >= 4 is 23.6 Å². The summed E-state index contributed by atoms with van der Waals surface area (Å²) in [6.07, 6.45) is 6.04. The maximum absolute atomic E-state index is 12.8. The zero-order valence-corrected chi connectivity index (χ0v) is 31.9. The molecule has 5 aromatic rings. The minimum absolute atomic E-state index is 0.118. The predicted molar refractivity (Wildman–Crippen MR) is 211 cm³/mol. The lowest BCUT2D eigenvalue weighted by Crippen LogP contribution is -2.43. The van der Waals surface area contributed by atoms with Gasteiger partial charge >= 0.3 is 12.4 Å². The Kier molecular flexibility index (Phi) is 13.7. The molecule has 2 saturated heterocycles. The molecule has 2 aromatic heterocycles. The molecule has 2 aliphatic rings. The first-order chi connectivity index (χ1) is 27.2. The Morgan fingerprint density at radius 3 is 1.63 bits per heavy atom. The number of alkyl halides is 6. The zero-order valence-electron chi connectivity index (χ0n) is 31.2. The van der Waals surface area contributed by atoms with E-state index in [0.717, 1.165) is 112 Å². The Bertz CT molecular complexity index is 2070. The third-order valence-corrected chi connectivity index (χ3v) is 10.4. The molecule has 57 heavy (non-hydrogen) atoms. The van der Waals surface area contributed by atoms with Gasteiger partial charge in [0, 0.05) is 85.5 Å². The molecule has 4 heterocycles. The van der Waals surface area contributed by atoms with Crippen molar-refractivity contribution in [3.8, 4) is 11.4 Å². The molecular weight excluding hydrogens is 766 g/mol. The first kappa shape index (κ1) is 41.8. The summed E-state index contributed by atoms with van der Waals surface area (Å²) in [7, 11) is 0. The Morgan fingerprint density at radius 2 is 1.18 bits per heavy atom. The molecule has 0 atom stereocenters. The van der Waals surface area contributed by atoms with Crippen LogP contribution in [0.15, 0.2) is 116 Å². The number of carbonyl (C=O) groups is 1. The molecule has 0 aliphatic carbocycles. The second-order valence-corrected chi connectivity index (χ2v) is 14.9. The van der Waals surface area contributed by atoms with Crippen LogP contribution in [0, 0.1) is 0 Å². The number of amides is 1. The van der Waals surface area contributed by atoms with E-state index in [0.29, 0.717) is 16.8 Å². The average molecular weight is 811 g/mol. The lowest BCUT2D eigenvalue weighted by atomic mass is 10.0. The van der Waals surface area contributed by atoms with Crippen LogP contribution in [0.3, 0.4) is 0 Å². The van der Waals surface area contributed by atoms with Crippen molar-refractivity contribution in [2.45, 2.75) is 63.2 Å². The summed E-state index contributed by atoms with van der Waals surface area (Å²) in [6, 6.07) is 22.1. The third-order valence-electron chi connectivity index (χ3n) is 10.1. The number of likely N-dealkylation sites (tertiary alicyclic amines) is 2. The predicted octanol–water partition coefficient (Wildman–Crippen LogP) is 9.36. The van der Waals surface area contributed by atoms with Crippen molar-refractivity contribution in [2.24, 2.45) is 5.73 Å². The summed E-state index contributed by atoms with van der Waals surface area (Å²) in [5, 5.41) is 3.69. The first-order valence-corrected chi connectivity index (χ1v) is 19.2. The number of aromatic nitrogens is 2. The molecule has 0 radical (unpaired) electrons. The number of carbonyl (C=O) groups excluding carboxylic acids is 1. The van der Waals surface area contributed by atoms with Gasteiger partial charge in [0.25, 0.3) is 0 Å². The summed E-state index contributed by atoms with van der Waals surface area (Å²) < 4.78 is 79.7. The van der Waals surface area contributed by atoms with Crippen molar-refractivity contribution in [2.75, 3.05) is 26.2 Å². The standard InChI is InChI=1S/C26H25ClF3N3O.C17H20F3N3/c27-22-3-1-2-19(16-22)4-9-25(34)31-23-11-13-32(14-12-23)17-20-10-15-33(18-20)24-7-5-21(6-8-24)26(28,29)30;18-17(19,20)14-1-3-16(4-2-14)23-10-5-13(12-23)11-22-8-6-15(21)7-9-22/h1-10,15-16,18,23H,11-14,17H2,(H,31,34);1-5,10,12,15H,6-9,11,21H2/b9-4+;. The van der Waals surface area contributed by atoms with Gasteiger partial charge in [0.15, 0.2) is 0 Å². The zero-order chi connectivity index (χ0) is 40.6. The van der Waals surface area contributed by atoms with Gasteiger partial charge in [-0.15, -0.1) is 0 Å². The van der Waals surface area contributed by atoms with Crippen LogP contribution in [0.25, 0.3) is 17.5 Å². The number of piperidine rings is 2. The molecule has 1 amide bonds. The van der Waals surface area contributed by atoms with Crippen LogP contribution < -0.4 is 11.1 Å². The number of halogens is 7. The highest BCUT2D eigenvalue weighted by Crippen LogP contribution is 2.31. The van der Waals surface area contributed by atoms with Crippen LogP contribution in [0.4, 0.5) is 26.3 Å². The van der Waals surface area contributed by atoms with Gasteiger partial charge in [-0.1, -0.05) is 23.7 Å². The van der Waals surface area contributed by atoms with E-state index in [1.165, 1.54) is 30.3 Å². The first-order valence-electron chi connectivity index (χ1n) is 18.8. The van der Waals surface area contributed by atoms with Crippen molar-refractivity contribution < 1.29 is 31.1 Å². The Hall–Kier alpha value is -4.82. The number of hydrogen-bond donors (Lipinski definition) is 2. The summed E-state index contributed by atoms with van der Waals surface area (Å²) in [6.45, 7) is 5.30. The van der Waals surface area contributed by atoms with Crippen LogP contribution >= 0.6 is 11.6 Å². The second kappa shape index (κ2) is 18.6. The molecule has 0 spiro atoms. The van der Waals surface area contributed by atoms with Crippen LogP contribution in [-0.2, 0) is 30.2 Å². The molecule has 2 fully saturated rings. The summed E-state index contributed by atoms with van der Waals surface area (Å²) in [5.41, 5.74) is 9.15. The Morgan fingerprint density at radius 1 is 0.702 bits per heavy atom. The average Bonchev–Trinajstić information content (AvgIpc) is 3.86. The van der Waals surface area contributed by atoms with Gasteiger partial charge < -0.3 is 20.2 Å². The molecule has 7 nitrogen and oxygen atoms in total. The van der Waals surface area contributed by atoms with Gasteiger partial charge in [0.1, 0.15) is 0 Å². The quantitative estimate of drug-likeness (QED) is 0.115. The van der Waals surface area contributed by atoms with Crippen molar-refractivity contribution in [3.63, 3.8) is 0 Å². The molecule has 3 aromatic carbocycles. The minimum Gasteiger partial charge on any atom is -0.350 e. The van der Waals surface area contributed by atoms with Gasteiger partial charge in [0.05, 0.1) is 11.1 Å². The molecule has 3 N–H and O–H groups in total. The van der Waals surface area contributed by atoms with Crippen LogP contribution in [0.1, 0.15) is 53.5 Å². The van der Waals surface area contributed by atoms with E-state index in [1.54, 1.807) is 18.2 Å². The van der Waals surface area contributed by atoms with E-state index < -0.39 is 23.5 Å². The molecular formula is C43H45ClF6N6O. The van der Waals surface area contributed by atoms with Crippen molar-refractivity contribution in [3.05, 3.63) is 149 Å². The third kappa shape index (κ3) is 12.3. The van der Waals surface area contributed by atoms with Crippen LogP contribution in [-0.4, -0.2) is 63.1 Å². The highest BCUT2D eigenvalue weighted by Gasteiger charge is 2.31. The Labute approximate surface area is 333 Å². The van der Waals surface area contributed by atoms with Crippen LogP contribution in [0.2, 0.25) is 5.02 Å². The molecule has 302 valence electrons. The van der Waals surface area contributed by atoms with E-state index >= 15 is 0 Å². The van der Waals surface area contributed by atoms with E-state index in [1.807, 2.05) is 58.2 Å². The topological polar surface area (TPSA) is 71.5 Å². The largest absolute Gasteiger partial charge is 0.416 e. The molecule has 0 saturated carbocycles. The lowest BCUT2D eigenvalue weighted by Gasteiger charge is -2.31. The normalized spacial score (nSPS) is 16.4. The number of nitrogens with one attached hydrogen (secondary N) is 1. The van der Waals surface area contributed by atoms with Gasteiger partial charge in [-0.3, -0.25) is 14.6 Å².